The van der Waals surface area contributed by atoms with Crippen molar-refractivity contribution in [2.24, 2.45) is 7.05 Å². The van der Waals surface area contributed by atoms with Crippen molar-refractivity contribution in [2.45, 2.75) is 13.1 Å². The van der Waals surface area contributed by atoms with Gasteiger partial charge in [0.15, 0.2) is 11.6 Å². The molecule has 2 aromatic heterocycles. The van der Waals surface area contributed by atoms with Gasteiger partial charge in [-0.05, 0) is 41.5 Å². The zero-order valence-corrected chi connectivity index (χ0v) is 17.0. The van der Waals surface area contributed by atoms with E-state index in [1.807, 2.05) is 0 Å². The molecule has 1 amide bonds. The van der Waals surface area contributed by atoms with Crippen LogP contribution in [0.25, 0.3) is 6.08 Å². The predicted molar refractivity (Wildman–Crippen MR) is 111 cm³/mol. The van der Waals surface area contributed by atoms with Crippen molar-refractivity contribution < 1.29 is 18.3 Å². The number of amides is 1. The maximum Gasteiger partial charge on any atom is 0.333 e. The highest BCUT2D eigenvalue weighted by Crippen LogP contribution is 2.22. The number of nitrogens with zero attached hydrogens (tertiary/aromatic N) is 3. The smallest absolute Gasteiger partial charge is 0.333 e. The van der Waals surface area contributed by atoms with Gasteiger partial charge in [0.1, 0.15) is 12.2 Å². The van der Waals surface area contributed by atoms with Crippen molar-refractivity contribution in [2.75, 3.05) is 6.61 Å². The van der Waals surface area contributed by atoms with Crippen LogP contribution < -0.4 is 21.3 Å². The van der Waals surface area contributed by atoms with Crippen molar-refractivity contribution in [3.8, 4) is 5.88 Å². The minimum absolute atomic E-state index is 0.0231. The number of hydrogen-bond acceptors (Lipinski definition) is 5. The van der Waals surface area contributed by atoms with Gasteiger partial charge in [-0.2, -0.15) is 0 Å². The van der Waals surface area contributed by atoms with Gasteiger partial charge in [0.2, 0.25) is 5.88 Å². The van der Waals surface area contributed by atoms with Crippen molar-refractivity contribution in [3.05, 3.63) is 97.5 Å². The molecule has 0 atom stereocenters. The van der Waals surface area contributed by atoms with Gasteiger partial charge in [0.25, 0.3) is 11.5 Å². The zero-order valence-electron chi connectivity index (χ0n) is 17.0. The highest BCUT2D eigenvalue weighted by molar-refractivity contribution is 5.98. The summed E-state index contributed by atoms with van der Waals surface area (Å²) in [6.07, 6.45) is 4.59. The molecule has 3 aromatic rings. The van der Waals surface area contributed by atoms with Crippen LogP contribution in [0.15, 0.2) is 57.9 Å². The van der Waals surface area contributed by atoms with E-state index in [-0.39, 0.29) is 42.3 Å². The molecule has 0 bridgehead atoms. The average molecular weight is 440 g/mol. The molecule has 8 nitrogen and oxygen atoms in total. The van der Waals surface area contributed by atoms with Crippen LogP contribution in [0.5, 0.6) is 5.88 Å². The van der Waals surface area contributed by atoms with E-state index in [1.54, 1.807) is 24.5 Å². The molecule has 32 heavy (non-hydrogen) atoms. The van der Waals surface area contributed by atoms with Gasteiger partial charge in [-0.1, -0.05) is 6.07 Å². The lowest BCUT2D eigenvalue weighted by Gasteiger charge is -2.21. The van der Waals surface area contributed by atoms with Crippen molar-refractivity contribution in [1.29, 1.82) is 0 Å². The number of fused-ring (bicyclic) bond motifs is 1. The summed E-state index contributed by atoms with van der Waals surface area (Å²) in [5.74, 6) is -2.50. The lowest BCUT2D eigenvalue weighted by molar-refractivity contribution is -0.117. The Kier molecular flexibility index (Phi) is 5.67. The summed E-state index contributed by atoms with van der Waals surface area (Å²) >= 11 is 0. The highest BCUT2D eigenvalue weighted by atomic mass is 19.2. The van der Waals surface area contributed by atoms with E-state index in [1.165, 1.54) is 19.2 Å². The molecule has 0 saturated heterocycles. The Morgan fingerprint density at radius 2 is 1.88 bits per heavy atom. The Balaban J connectivity index is 1.65. The third-order valence-corrected chi connectivity index (χ3v) is 5.03. The number of carbonyl (C=O) groups is 1. The molecule has 1 N–H and O–H groups in total. The van der Waals surface area contributed by atoms with E-state index in [0.29, 0.717) is 0 Å². The quantitative estimate of drug-likeness (QED) is 0.647. The number of hydrogen-bond donors (Lipinski definition) is 1. The second-order valence-electron chi connectivity index (χ2n) is 7.20. The molecule has 3 heterocycles. The summed E-state index contributed by atoms with van der Waals surface area (Å²) in [7, 11) is 1.42. The van der Waals surface area contributed by atoms with Gasteiger partial charge in [0, 0.05) is 26.0 Å². The van der Waals surface area contributed by atoms with Crippen LogP contribution in [0.4, 0.5) is 8.78 Å². The summed E-state index contributed by atoms with van der Waals surface area (Å²) in [5, 5.41) is 2.74. The first-order chi connectivity index (χ1) is 15.3. The number of pyridine rings is 1. The number of benzene rings is 1. The van der Waals surface area contributed by atoms with E-state index >= 15 is 0 Å². The lowest BCUT2D eigenvalue weighted by Crippen LogP contribution is -2.42. The maximum absolute atomic E-state index is 13.5. The first kappa shape index (κ1) is 21.2. The van der Waals surface area contributed by atoms with Crippen LogP contribution in [0.3, 0.4) is 0 Å². The summed E-state index contributed by atoms with van der Waals surface area (Å²) in [5.41, 5.74) is -0.0671. The van der Waals surface area contributed by atoms with Gasteiger partial charge in [-0.25, -0.2) is 13.6 Å². The summed E-state index contributed by atoms with van der Waals surface area (Å²) in [6.45, 7) is -0.123. The summed E-state index contributed by atoms with van der Waals surface area (Å²) in [4.78, 5) is 42.1. The fourth-order valence-electron chi connectivity index (χ4n) is 3.32. The Hall–Kier alpha value is -4.08. The van der Waals surface area contributed by atoms with Gasteiger partial charge in [-0.15, -0.1) is 0 Å². The standard InChI is InChI=1S/C22H18F2N4O4/c1-27-21-16(9-15(12-32-21)19(29)26-10-13-4-6-25-7-5-13)20(30)28(22(27)31)11-14-2-3-17(23)18(24)8-14/h2-9H,10-12H2,1H3,(H,26,29). The molecule has 1 aliphatic rings. The number of halogens is 2. The molecule has 0 radical (unpaired) electrons. The van der Waals surface area contributed by atoms with E-state index in [9.17, 15) is 23.2 Å². The molecule has 0 saturated carbocycles. The van der Waals surface area contributed by atoms with Crippen LogP contribution in [0.1, 0.15) is 16.7 Å². The van der Waals surface area contributed by atoms with E-state index < -0.39 is 28.8 Å². The van der Waals surface area contributed by atoms with Crippen molar-refractivity contribution in [3.63, 3.8) is 0 Å². The second-order valence-corrected chi connectivity index (χ2v) is 7.20. The molecule has 4 rings (SSSR count). The van der Waals surface area contributed by atoms with Crippen LogP contribution in [-0.4, -0.2) is 26.6 Å². The number of rotatable bonds is 5. The van der Waals surface area contributed by atoms with Gasteiger partial charge >= 0.3 is 5.69 Å². The Labute approximate surface area is 180 Å². The first-order valence-electron chi connectivity index (χ1n) is 9.63. The minimum Gasteiger partial charge on any atom is -0.473 e. The number of carbonyl (C=O) groups excluding carboxylic acids is 1. The lowest BCUT2D eigenvalue weighted by atomic mass is 10.1. The predicted octanol–water partition coefficient (Wildman–Crippen LogP) is 1.36. The Morgan fingerprint density at radius 1 is 1.12 bits per heavy atom. The van der Waals surface area contributed by atoms with Crippen molar-refractivity contribution in [1.82, 2.24) is 19.4 Å². The Bertz CT molecular complexity index is 1350. The van der Waals surface area contributed by atoms with E-state index in [0.717, 1.165) is 26.8 Å². The molecular weight excluding hydrogens is 422 g/mol. The molecule has 0 spiro atoms. The summed E-state index contributed by atoms with van der Waals surface area (Å²) in [6, 6.07) is 6.65. The maximum atomic E-state index is 13.5. The van der Waals surface area contributed by atoms with Crippen molar-refractivity contribution >= 4 is 12.0 Å². The molecular formula is C22H18F2N4O4. The topological polar surface area (TPSA) is 95.2 Å². The van der Waals surface area contributed by atoms with Gasteiger partial charge in [0.05, 0.1) is 12.1 Å². The fourth-order valence-corrected chi connectivity index (χ4v) is 3.32. The van der Waals surface area contributed by atoms with Crippen LogP contribution in [-0.2, 0) is 24.9 Å². The normalized spacial score (nSPS) is 12.5. The van der Waals surface area contributed by atoms with E-state index in [2.05, 4.69) is 10.3 Å². The molecule has 0 unspecified atom stereocenters. The molecule has 1 aliphatic heterocycles. The molecule has 164 valence electrons. The number of aromatic nitrogens is 3. The zero-order chi connectivity index (χ0) is 22.8. The minimum atomic E-state index is -1.08. The fraction of sp³-hybridized carbons (Fsp3) is 0.182. The third-order valence-electron chi connectivity index (χ3n) is 5.03. The molecule has 10 heteroatoms. The monoisotopic (exact) mass is 440 g/mol. The number of nitrogens with one attached hydrogen (secondary N) is 1. The Morgan fingerprint density at radius 3 is 2.59 bits per heavy atom. The van der Waals surface area contributed by atoms with E-state index in [4.69, 9.17) is 4.74 Å². The SMILES string of the molecule is Cn1c2c(c(=O)n(Cc3ccc(F)c(F)c3)c1=O)C=C(C(=O)NCc1ccncc1)CO2. The van der Waals surface area contributed by atoms with Crippen LogP contribution in [0, 0.1) is 11.6 Å². The second kappa shape index (κ2) is 8.58. The largest absolute Gasteiger partial charge is 0.473 e. The highest BCUT2D eigenvalue weighted by Gasteiger charge is 2.24. The molecule has 0 fully saturated rings. The van der Waals surface area contributed by atoms with Crippen LogP contribution in [0.2, 0.25) is 0 Å². The molecule has 0 aliphatic carbocycles. The first-order valence-corrected chi connectivity index (χ1v) is 9.63. The van der Waals surface area contributed by atoms with Gasteiger partial charge < -0.3 is 10.1 Å². The average Bonchev–Trinajstić information content (AvgIpc) is 2.81. The third kappa shape index (κ3) is 4.07. The van der Waals surface area contributed by atoms with Crippen LogP contribution >= 0.6 is 0 Å². The molecule has 1 aromatic carbocycles. The van der Waals surface area contributed by atoms with Gasteiger partial charge in [-0.3, -0.25) is 23.7 Å². The number of ether oxygens (including phenoxy) is 1. The summed E-state index contributed by atoms with van der Waals surface area (Å²) < 4.78 is 34.3.